The van der Waals surface area contributed by atoms with E-state index in [9.17, 15) is 0 Å². The van der Waals surface area contributed by atoms with Gasteiger partial charge in [0.05, 0.1) is 0 Å². The first-order valence-corrected chi connectivity index (χ1v) is 5.92. The molecule has 0 aliphatic carbocycles. The van der Waals surface area contributed by atoms with Crippen LogP contribution in [0.3, 0.4) is 0 Å². The van der Waals surface area contributed by atoms with E-state index < -0.39 is 0 Å². The zero-order chi connectivity index (χ0) is 12.0. The van der Waals surface area contributed by atoms with Crippen molar-refractivity contribution < 1.29 is 9.47 Å². The summed E-state index contributed by atoms with van der Waals surface area (Å²) in [4.78, 5) is 0. The predicted molar refractivity (Wildman–Crippen MR) is 67.5 cm³/mol. The smallest absolute Gasteiger partial charge is 0.163 e. The molecule has 0 saturated heterocycles. The summed E-state index contributed by atoms with van der Waals surface area (Å²) >= 11 is 0. The van der Waals surface area contributed by atoms with Crippen molar-refractivity contribution >= 4 is 5.69 Å². The van der Waals surface area contributed by atoms with Crippen molar-refractivity contribution in [1.82, 2.24) is 0 Å². The van der Waals surface area contributed by atoms with Crippen LogP contribution in [-0.4, -0.2) is 19.3 Å². The lowest BCUT2D eigenvalue weighted by Crippen LogP contribution is -2.16. The number of ether oxygens (including phenoxy) is 2. The number of anilines is 1. The minimum Gasteiger partial charge on any atom is -0.486 e. The number of fused-ring (bicyclic) bond motifs is 1. The van der Waals surface area contributed by atoms with Gasteiger partial charge in [0.15, 0.2) is 11.5 Å². The first-order valence-electron chi connectivity index (χ1n) is 5.92. The van der Waals surface area contributed by atoms with E-state index in [0.29, 0.717) is 19.3 Å². The molecule has 0 fully saturated rings. The predicted octanol–water partition coefficient (Wildman–Crippen LogP) is 3.30. The van der Waals surface area contributed by atoms with E-state index in [1.807, 2.05) is 32.0 Å². The second-order valence-corrected chi connectivity index (χ2v) is 3.66. The molecule has 3 nitrogen and oxygen atoms in total. The highest BCUT2D eigenvalue weighted by Crippen LogP contribution is 2.32. The summed E-state index contributed by atoms with van der Waals surface area (Å²) in [5.74, 6) is 1.67. The van der Waals surface area contributed by atoms with Crippen LogP contribution in [0.5, 0.6) is 11.5 Å². The zero-order valence-electron chi connectivity index (χ0n) is 10.5. The molecule has 1 aromatic rings. The molecule has 0 amide bonds. The average Bonchev–Trinajstić information content (AvgIpc) is 2.31. The SMILES string of the molecule is CC.CC(C)Nc1ccc2c(c1)OCCO2. The van der Waals surface area contributed by atoms with E-state index in [4.69, 9.17) is 9.47 Å². The monoisotopic (exact) mass is 223 g/mol. The van der Waals surface area contributed by atoms with E-state index in [2.05, 4.69) is 19.2 Å². The van der Waals surface area contributed by atoms with Crippen molar-refractivity contribution in [3.05, 3.63) is 18.2 Å². The van der Waals surface area contributed by atoms with Gasteiger partial charge in [-0.15, -0.1) is 0 Å². The largest absolute Gasteiger partial charge is 0.486 e. The first-order chi connectivity index (χ1) is 7.75. The van der Waals surface area contributed by atoms with E-state index >= 15 is 0 Å². The van der Waals surface area contributed by atoms with Crippen LogP contribution >= 0.6 is 0 Å². The van der Waals surface area contributed by atoms with Crippen LogP contribution in [-0.2, 0) is 0 Å². The van der Waals surface area contributed by atoms with Gasteiger partial charge in [-0.2, -0.15) is 0 Å². The van der Waals surface area contributed by atoms with Gasteiger partial charge in [0.25, 0.3) is 0 Å². The van der Waals surface area contributed by atoms with Crippen molar-refractivity contribution in [2.75, 3.05) is 18.5 Å². The fourth-order valence-corrected chi connectivity index (χ4v) is 1.47. The van der Waals surface area contributed by atoms with E-state index in [1.165, 1.54) is 0 Å². The average molecular weight is 223 g/mol. The molecule has 1 N–H and O–H groups in total. The number of hydrogen-bond donors (Lipinski definition) is 1. The van der Waals surface area contributed by atoms with E-state index in [-0.39, 0.29) is 0 Å². The highest BCUT2D eigenvalue weighted by Gasteiger charge is 2.11. The molecule has 0 saturated carbocycles. The molecule has 16 heavy (non-hydrogen) atoms. The molecule has 0 bridgehead atoms. The summed E-state index contributed by atoms with van der Waals surface area (Å²) in [7, 11) is 0. The zero-order valence-corrected chi connectivity index (χ0v) is 10.5. The summed E-state index contributed by atoms with van der Waals surface area (Å²) in [6.07, 6.45) is 0. The Morgan fingerprint density at radius 2 is 1.69 bits per heavy atom. The summed E-state index contributed by atoms with van der Waals surface area (Å²) in [5, 5.41) is 3.32. The summed E-state index contributed by atoms with van der Waals surface area (Å²) in [6.45, 7) is 9.50. The van der Waals surface area contributed by atoms with Crippen LogP contribution in [0.15, 0.2) is 18.2 Å². The fourth-order valence-electron chi connectivity index (χ4n) is 1.47. The molecule has 0 radical (unpaired) electrons. The Bertz CT molecular complexity index is 324. The third kappa shape index (κ3) is 3.33. The van der Waals surface area contributed by atoms with Crippen LogP contribution in [0.1, 0.15) is 27.7 Å². The molecule has 1 aliphatic heterocycles. The van der Waals surface area contributed by atoms with E-state index in [0.717, 1.165) is 17.2 Å². The van der Waals surface area contributed by atoms with E-state index in [1.54, 1.807) is 0 Å². The van der Waals surface area contributed by atoms with Crippen LogP contribution in [0, 0.1) is 0 Å². The van der Waals surface area contributed by atoms with Gasteiger partial charge in [0, 0.05) is 17.8 Å². The van der Waals surface area contributed by atoms with Gasteiger partial charge in [0.2, 0.25) is 0 Å². The topological polar surface area (TPSA) is 30.5 Å². The van der Waals surface area contributed by atoms with Crippen LogP contribution < -0.4 is 14.8 Å². The minimum absolute atomic E-state index is 0.428. The van der Waals surface area contributed by atoms with Crippen LogP contribution in [0.2, 0.25) is 0 Å². The standard InChI is InChI=1S/C11H15NO2.C2H6/c1-8(2)12-9-3-4-10-11(7-9)14-6-5-13-10;1-2/h3-4,7-8,12H,5-6H2,1-2H3;1-2H3. The lowest BCUT2D eigenvalue weighted by molar-refractivity contribution is 0.171. The maximum Gasteiger partial charge on any atom is 0.163 e. The molecular formula is C13H21NO2. The molecule has 2 rings (SSSR count). The van der Waals surface area contributed by atoms with Gasteiger partial charge in [-0.3, -0.25) is 0 Å². The van der Waals surface area contributed by atoms with Gasteiger partial charge < -0.3 is 14.8 Å². The minimum atomic E-state index is 0.428. The van der Waals surface area contributed by atoms with Crippen molar-refractivity contribution in [2.24, 2.45) is 0 Å². The highest BCUT2D eigenvalue weighted by atomic mass is 16.6. The number of hydrogen-bond acceptors (Lipinski definition) is 3. The quantitative estimate of drug-likeness (QED) is 0.834. The lowest BCUT2D eigenvalue weighted by atomic mass is 10.2. The maximum atomic E-state index is 5.48. The van der Waals surface area contributed by atoms with Gasteiger partial charge in [0.1, 0.15) is 13.2 Å². The Labute approximate surface area is 97.8 Å². The Hall–Kier alpha value is -1.38. The Morgan fingerprint density at radius 3 is 2.31 bits per heavy atom. The highest BCUT2D eigenvalue weighted by molar-refractivity contribution is 5.55. The molecule has 3 heteroatoms. The Morgan fingerprint density at radius 1 is 1.06 bits per heavy atom. The number of rotatable bonds is 2. The summed E-state index contributed by atoms with van der Waals surface area (Å²) < 4.78 is 10.9. The maximum absolute atomic E-state index is 5.48. The van der Waals surface area contributed by atoms with Crippen molar-refractivity contribution in [3.63, 3.8) is 0 Å². The van der Waals surface area contributed by atoms with Gasteiger partial charge in [-0.25, -0.2) is 0 Å². The van der Waals surface area contributed by atoms with Crippen molar-refractivity contribution in [3.8, 4) is 11.5 Å². The summed E-state index contributed by atoms with van der Waals surface area (Å²) in [5.41, 5.74) is 1.07. The van der Waals surface area contributed by atoms with Crippen molar-refractivity contribution in [2.45, 2.75) is 33.7 Å². The molecular weight excluding hydrogens is 202 g/mol. The van der Waals surface area contributed by atoms with Gasteiger partial charge >= 0.3 is 0 Å². The second kappa shape index (κ2) is 6.26. The number of nitrogens with one attached hydrogen (secondary N) is 1. The molecule has 0 aromatic heterocycles. The Balaban J connectivity index is 0.000000606. The molecule has 1 aromatic carbocycles. The molecule has 1 aliphatic rings. The third-order valence-corrected chi connectivity index (χ3v) is 2.00. The Kier molecular flexibility index (Phi) is 4.96. The second-order valence-electron chi connectivity index (χ2n) is 3.66. The molecule has 0 atom stereocenters. The van der Waals surface area contributed by atoms with Crippen LogP contribution in [0.4, 0.5) is 5.69 Å². The molecule has 1 heterocycles. The van der Waals surface area contributed by atoms with Gasteiger partial charge in [-0.1, -0.05) is 13.8 Å². The molecule has 0 spiro atoms. The van der Waals surface area contributed by atoms with Crippen LogP contribution in [0.25, 0.3) is 0 Å². The first kappa shape index (κ1) is 12.7. The fraction of sp³-hybridized carbons (Fsp3) is 0.538. The molecule has 90 valence electrons. The normalized spacial score (nSPS) is 12.8. The van der Waals surface area contributed by atoms with Gasteiger partial charge in [-0.05, 0) is 26.0 Å². The molecule has 0 unspecified atom stereocenters. The summed E-state index contributed by atoms with van der Waals surface area (Å²) in [6, 6.07) is 6.36. The lowest BCUT2D eigenvalue weighted by Gasteiger charge is -2.19. The van der Waals surface area contributed by atoms with Crippen molar-refractivity contribution in [1.29, 1.82) is 0 Å². The number of benzene rings is 1. The third-order valence-electron chi connectivity index (χ3n) is 2.00.